The number of hydrogen-bond donors (Lipinski definition) is 1. The van der Waals surface area contributed by atoms with Gasteiger partial charge in [-0.05, 0) is 33.8 Å². The summed E-state index contributed by atoms with van der Waals surface area (Å²) in [6, 6.07) is 4.32. The van der Waals surface area contributed by atoms with Crippen LogP contribution in [0.3, 0.4) is 0 Å². The first-order valence-corrected chi connectivity index (χ1v) is 5.41. The lowest BCUT2D eigenvalue weighted by atomic mass is 10.2. The van der Waals surface area contributed by atoms with Gasteiger partial charge in [-0.2, -0.15) is 0 Å². The summed E-state index contributed by atoms with van der Waals surface area (Å²) in [6.07, 6.45) is 0. The molecular weight excluding hydrogens is 202 g/mol. The van der Waals surface area contributed by atoms with Crippen LogP contribution in [0.25, 0.3) is 11.3 Å². The molecule has 0 saturated heterocycles. The van der Waals surface area contributed by atoms with Crippen molar-refractivity contribution in [3.8, 4) is 11.3 Å². The van der Waals surface area contributed by atoms with E-state index in [1.165, 1.54) is 11.4 Å². The van der Waals surface area contributed by atoms with Crippen LogP contribution in [0, 0.1) is 13.8 Å². The zero-order chi connectivity index (χ0) is 11.9. The molecular formula is C12H17N3O. The standard InChI is InChI=1S/C12H17N3O/c1-7(2)15-8(3)5-10(9(15)4)11-6-12(13)16-14-11/h5-7H,13H2,1-4H3. The molecule has 0 atom stereocenters. The van der Waals surface area contributed by atoms with Crippen molar-refractivity contribution in [1.29, 1.82) is 0 Å². The Morgan fingerprint density at radius 2 is 2.00 bits per heavy atom. The van der Waals surface area contributed by atoms with Gasteiger partial charge in [-0.1, -0.05) is 5.16 Å². The van der Waals surface area contributed by atoms with Crippen LogP contribution in [-0.2, 0) is 0 Å². The number of aromatic nitrogens is 2. The fraction of sp³-hybridized carbons (Fsp3) is 0.417. The minimum Gasteiger partial charge on any atom is -0.368 e. The van der Waals surface area contributed by atoms with E-state index in [0.29, 0.717) is 11.9 Å². The van der Waals surface area contributed by atoms with Crippen LogP contribution in [0.4, 0.5) is 5.88 Å². The van der Waals surface area contributed by atoms with Gasteiger partial charge < -0.3 is 14.8 Å². The number of anilines is 1. The Hall–Kier alpha value is -1.71. The molecule has 0 saturated carbocycles. The van der Waals surface area contributed by atoms with Crippen molar-refractivity contribution < 1.29 is 4.52 Å². The molecule has 2 aromatic rings. The average Bonchev–Trinajstić information content (AvgIpc) is 2.70. The van der Waals surface area contributed by atoms with Gasteiger partial charge in [0, 0.05) is 29.1 Å². The van der Waals surface area contributed by atoms with Gasteiger partial charge in [0.05, 0.1) is 0 Å². The fourth-order valence-electron chi connectivity index (χ4n) is 2.25. The molecule has 0 unspecified atom stereocenters. The lowest BCUT2D eigenvalue weighted by molar-refractivity contribution is 0.439. The third-order valence-electron chi connectivity index (χ3n) is 2.81. The quantitative estimate of drug-likeness (QED) is 0.844. The van der Waals surface area contributed by atoms with E-state index < -0.39 is 0 Å². The molecule has 4 nitrogen and oxygen atoms in total. The molecule has 0 aliphatic carbocycles. The van der Waals surface area contributed by atoms with Crippen LogP contribution in [0.2, 0.25) is 0 Å². The largest absolute Gasteiger partial charge is 0.368 e. The molecule has 16 heavy (non-hydrogen) atoms. The fourth-order valence-corrected chi connectivity index (χ4v) is 2.25. The third kappa shape index (κ3) is 1.60. The highest BCUT2D eigenvalue weighted by atomic mass is 16.5. The Balaban J connectivity index is 2.55. The molecule has 0 spiro atoms. The smallest absolute Gasteiger partial charge is 0.222 e. The van der Waals surface area contributed by atoms with Crippen LogP contribution in [0.1, 0.15) is 31.3 Å². The summed E-state index contributed by atoms with van der Waals surface area (Å²) >= 11 is 0. The zero-order valence-electron chi connectivity index (χ0n) is 10.1. The van der Waals surface area contributed by atoms with Crippen molar-refractivity contribution in [1.82, 2.24) is 9.72 Å². The van der Waals surface area contributed by atoms with E-state index in [9.17, 15) is 0 Å². The highest BCUT2D eigenvalue weighted by Gasteiger charge is 2.15. The lowest BCUT2D eigenvalue weighted by Crippen LogP contribution is -2.04. The van der Waals surface area contributed by atoms with Gasteiger partial charge in [0.1, 0.15) is 5.69 Å². The maximum atomic E-state index is 5.53. The molecule has 2 heterocycles. The van der Waals surface area contributed by atoms with E-state index in [4.69, 9.17) is 10.3 Å². The number of nitrogens with zero attached hydrogens (tertiary/aromatic N) is 2. The summed E-state index contributed by atoms with van der Waals surface area (Å²) in [5.74, 6) is 0.351. The normalized spacial score (nSPS) is 11.3. The van der Waals surface area contributed by atoms with Crippen molar-refractivity contribution in [2.45, 2.75) is 33.7 Å². The SMILES string of the molecule is Cc1cc(-c2cc(N)on2)c(C)n1C(C)C. The Morgan fingerprint density at radius 3 is 2.44 bits per heavy atom. The second-order valence-electron chi connectivity index (χ2n) is 4.36. The van der Waals surface area contributed by atoms with Gasteiger partial charge in [0.25, 0.3) is 0 Å². The highest BCUT2D eigenvalue weighted by molar-refractivity contribution is 5.65. The predicted molar refractivity (Wildman–Crippen MR) is 64.2 cm³/mol. The summed E-state index contributed by atoms with van der Waals surface area (Å²) in [5, 5.41) is 3.95. The minimum absolute atomic E-state index is 0.351. The third-order valence-corrected chi connectivity index (χ3v) is 2.81. The molecule has 2 aromatic heterocycles. The Bertz CT molecular complexity index is 508. The molecule has 2 N–H and O–H groups in total. The Morgan fingerprint density at radius 1 is 1.31 bits per heavy atom. The van der Waals surface area contributed by atoms with Crippen molar-refractivity contribution in [2.75, 3.05) is 5.73 Å². The van der Waals surface area contributed by atoms with Crippen LogP contribution in [0.15, 0.2) is 16.7 Å². The summed E-state index contributed by atoms with van der Waals surface area (Å²) in [6.45, 7) is 8.52. The van der Waals surface area contributed by atoms with E-state index >= 15 is 0 Å². The van der Waals surface area contributed by atoms with Crippen molar-refractivity contribution >= 4 is 5.88 Å². The molecule has 0 aliphatic rings. The zero-order valence-corrected chi connectivity index (χ0v) is 10.1. The van der Waals surface area contributed by atoms with Gasteiger partial charge in [-0.3, -0.25) is 0 Å². The van der Waals surface area contributed by atoms with Crippen LogP contribution in [-0.4, -0.2) is 9.72 Å². The molecule has 0 bridgehead atoms. The average molecular weight is 219 g/mol. The van der Waals surface area contributed by atoms with E-state index in [-0.39, 0.29) is 0 Å². The van der Waals surface area contributed by atoms with Crippen LogP contribution < -0.4 is 5.73 Å². The Kier molecular flexibility index (Phi) is 2.50. The van der Waals surface area contributed by atoms with Gasteiger partial charge in [0.2, 0.25) is 5.88 Å². The van der Waals surface area contributed by atoms with Crippen molar-refractivity contribution in [2.24, 2.45) is 0 Å². The van der Waals surface area contributed by atoms with Gasteiger partial charge in [-0.15, -0.1) is 0 Å². The highest BCUT2D eigenvalue weighted by Crippen LogP contribution is 2.29. The van der Waals surface area contributed by atoms with Gasteiger partial charge >= 0.3 is 0 Å². The number of hydrogen-bond acceptors (Lipinski definition) is 3. The summed E-state index contributed by atoms with van der Waals surface area (Å²) in [5.41, 5.74) is 9.85. The summed E-state index contributed by atoms with van der Waals surface area (Å²) < 4.78 is 7.18. The predicted octanol–water partition coefficient (Wildman–Crippen LogP) is 2.92. The second kappa shape index (κ2) is 3.70. The van der Waals surface area contributed by atoms with Gasteiger partial charge in [-0.25, -0.2) is 0 Å². The molecule has 0 radical (unpaired) electrons. The van der Waals surface area contributed by atoms with E-state index in [1.54, 1.807) is 6.07 Å². The van der Waals surface area contributed by atoms with E-state index in [0.717, 1.165) is 11.3 Å². The summed E-state index contributed by atoms with van der Waals surface area (Å²) in [4.78, 5) is 0. The minimum atomic E-state index is 0.351. The maximum absolute atomic E-state index is 5.53. The first-order valence-electron chi connectivity index (χ1n) is 5.41. The van der Waals surface area contributed by atoms with E-state index in [2.05, 4.69) is 43.5 Å². The molecule has 0 amide bonds. The first-order chi connectivity index (χ1) is 7.50. The number of rotatable bonds is 2. The van der Waals surface area contributed by atoms with Crippen LogP contribution in [0.5, 0.6) is 0 Å². The van der Waals surface area contributed by atoms with Crippen molar-refractivity contribution in [3.63, 3.8) is 0 Å². The van der Waals surface area contributed by atoms with Crippen LogP contribution >= 0.6 is 0 Å². The van der Waals surface area contributed by atoms with Gasteiger partial charge in [0.15, 0.2) is 0 Å². The Labute approximate surface area is 95.0 Å². The lowest BCUT2D eigenvalue weighted by Gasteiger charge is -2.13. The molecule has 0 fully saturated rings. The number of nitrogen functional groups attached to an aromatic ring is 1. The molecule has 0 aliphatic heterocycles. The van der Waals surface area contributed by atoms with E-state index in [1.807, 2.05) is 0 Å². The first kappa shape index (κ1) is 10.8. The number of nitrogens with two attached hydrogens (primary N) is 1. The maximum Gasteiger partial charge on any atom is 0.222 e. The molecule has 4 heteroatoms. The molecule has 0 aromatic carbocycles. The topological polar surface area (TPSA) is 57.0 Å². The second-order valence-corrected chi connectivity index (χ2v) is 4.36. The molecule has 2 rings (SSSR count). The monoisotopic (exact) mass is 219 g/mol. The number of aryl methyl sites for hydroxylation is 1. The summed E-state index contributed by atoms with van der Waals surface area (Å²) in [7, 11) is 0. The molecule has 86 valence electrons. The van der Waals surface area contributed by atoms with Crippen molar-refractivity contribution in [3.05, 3.63) is 23.5 Å².